The second-order valence-corrected chi connectivity index (χ2v) is 6.20. The summed E-state index contributed by atoms with van der Waals surface area (Å²) in [6, 6.07) is 12.1. The maximum atomic E-state index is 13.2. The van der Waals surface area contributed by atoms with Crippen molar-refractivity contribution in [1.29, 1.82) is 0 Å². The van der Waals surface area contributed by atoms with Gasteiger partial charge in [0.25, 0.3) is 0 Å². The first kappa shape index (κ1) is 14.4. The molecule has 3 heterocycles. The van der Waals surface area contributed by atoms with Crippen LogP contribution in [-0.2, 0) is 16.0 Å². The van der Waals surface area contributed by atoms with Crippen molar-refractivity contribution in [2.75, 3.05) is 18.1 Å². The van der Waals surface area contributed by atoms with Crippen LogP contribution in [-0.4, -0.2) is 24.0 Å². The fraction of sp³-hybridized carbons (Fsp3) is 0.368. The smallest absolute Gasteiger partial charge is 0.233 e. The molecule has 2 aliphatic rings. The summed E-state index contributed by atoms with van der Waals surface area (Å²) in [5, 5.41) is 0. The minimum Gasteiger partial charge on any atom is -0.373 e. The maximum absolute atomic E-state index is 13.2. The number of ether oxygens (including phenoxy) is 1. The molecule has 0 saturated carbocycles. The molecule has 2 unspecified atom stereocenters. The van der Waals surface area contributed by atoms with Gasteiger partial charge in [-0.15, -0.1) is 0 Å². The van der Waals surface area contributed by atoms with Crippen molar-refractivity contribution < 1.29 is 9.53 Å². The van der Waals surface area contributed by atoms with E-state index in [4.69, 9.17) is 4.74 Å². The summed E-state index contributed by atoms with van der Waals surface area (Å²) in [6.07, 6.45) is 6.21. The highest BCUT2D eigenvalue weighted by Gasteiger charge is 2.37. The van der Waals surface area contributed by atoms with Gasteiger partial charge in [0.05, 0.1) is 12.0 Å². The topological polar surface area (TPSA) is 42.4 Å². The molecule has 2 atom stereocenters. The van der Waals surface area contributed by atoms with Gasteiger partial charge in [0, 0.05) is 31.2 Å². The molecule has 118 valence electrons. The van der Waals surface area contributed by atoms with Crippen LogP contribution in [0.25, 0.3) is 0 Å². The molecule has 0 N–H and O–H groups in total. The van der Waals surface area contributed by atoms with E-state index in [9.17, 15) is 4.79 Å². The Balaban J connectivity index is 1.62. The third-order valence-electron chi connectivity index (χ3n) is 4.81. The van der Waals surface area contributed by atoms with Gasteiger partial charge in [-0.2, -0.15) is 0 Å². The van der Waals surface area contributed by atoms with Crippen molar-refractivity contribution in [3.8, 4) is 0 Å². The van der Waals surface area contributed by atoms with E-state index < -0.39 is 0 Å². The number of anilines is 1. The van der Waals surface area contributed by atoms with Crippen LogP contribution in [0.15, 0.2) is 48.8 Å². The van der Waals surface area contributed by atoms with Gasteiger partial charge in [-0.05, 0) is 36.5 Å². The molecule has 2 aliphatic heterocycles. The lowest BCUT2D eigenvalue weighted by atomic mass is 9.88. The van der Waals surface area contributed by atoms with E-state index in [-0.39, 0.29) is 17.9 Å². The largest absolute Gasteiger partial charge is 0.373 e. The number of aromatic nitrogens is 1. The summed E-state index contributed by atoms with van der Waals surface area (Å²) in [4.78, 5) is 19.3. The van der Waals surface area contributed by atoms with Gasteiger partial charge in [-0.3, -0.25) is 9.78 Å². The summed E-state index contributed by atoms with van der Waals surface area (Å²) in [7, 11) is 0. The molecule has 23 heavy (non-hydrogen) atoms. The Morgan fingerprint density at radius 2 is 2.09 bits per heavy atom. The standard InChI is InChI=1S/C19H20N2O2/c22-19(21-11-9-15-13-20-10-8-17(15)21)16-7-4-12-23-18(16)14-5-2-1-3-6-14/h1-3,5-6,8,10,13,16,18H,4,7,9,11-12H2. The molecule has 4 nitrogen and oxygen atoms in total. The first-order valence-electron chi connectivity index (χ1n) is 8.25. The molecule has 4 heteroatoms. The summed E-state index contributed by atoms with van der Waals surface area (Å²) in [6.45, 7) is 1.47. The number of amides is 1. The van der Waals surface area contributed by atoms with Gasteiger partial charge in [0.1, 0.15) is 0 Å². The zero-order chi connectivity index (χ0) is 15.6. The molecular formula is C19H20N2O2. The van der Waals surface area contributed by atoms with Gasteiger partial charge in [0.2, 0.25) is 5.91 Å². The molecule has 2 aromatic rings. The molecule has 0 aliphatic carbocycles. The van der Waals surface area contributed by atoms with E-state index in [1.165, 1.54) is 0 Å². The van der Waals surface area contributed by atoms with Gasteiger partial charge < -0.3 is 9.64 Å². The molecule has 0 radical (unpaired) electrons. The van der Waals surface area contributed by atoms with Crippen LogP contribution < -0.4 is 4.90 Å². The Labute approximate surface area is 136 Å². The predicted molar refractivity (Wildman–Crippen MR) is 88.2 cm³/mol. The van der Waals surface area contributed by atoms with E-state index in [1.54, 1.807) is 6.20 Å². The predicted octanol–water partition coefficient (Wildman–Crippen LogP) is 3.14. The molecule has 0 spiro atoms. The van der Waals surface area contributed by atoms with Crippen molar-refractivity contribution in [3.05, 3.63) is 59.9 Å². The van der Waals surface area contributed by atoms with Crippen molar-refractivity contribution in [1.82, 2.24) is 4.98 Å². The molecule has 1 amide bonds. The van der Waals surface area contributed by atoms with E-state index >= 15 is 0 Å². The van der Waals surface area contributed by atoms with E-state index in [1.807, 2.05) is 35.4 Å². The molecule has 1 aromatic carbocycles. The minimum atomic E-state index is -0.136. The lowest BCUT2D eigenvalue weighted by Crippen LogP contribution is -2.40. The van der Waals surface area contributed by atoms with Crippen LogP contribution >= 0.6 is 0 Å². The Morgan fingerprint density at radius 3 is 2.96 bits per heavy atom. The van der Waals surface area contributed by atoms with Crippen LogP contribution in [0, 0.1) is 5.92 Å². The number of hydrogen-bond acceptors (Lipinski definition) is 3. The Bertz CT molecular complexity index is 702. The van der Waals surface area contributed by atoms with Gasteiger partial charge in [0.15, 0.2) is 0 Å². The summed E-state index contributed by atoms with van der Waals surface area (Å²) in [5.41, 5.74) is 3.27. The number of rotatable bonds is 2. The Morgan fingerprint density at radius 1 is 1.22 bits per heavy atom. The molecule has 1 aromatic heterocycles. The summed E-state index contributed by atoms with van der Waals surface area (Å²) in [5.74, 6) is 0.0776. The number of carbonyl (C=O) groups is 1. The van der Waals surface area contributed by atoms with Gasteiger partial charge in [-0.1, -0.05) is 30.3 Å². The quantitative estimate of drug-likeness (QED) is 0.856. The van der Waals surface area contributed by atoms with Crippen LogP contribution in [0.1, 0.15) is 30.1 Å². The third kappa shape index (κ3) is 2.63. The second kappa shape index (κ2) is 6.13. The van der Waals surface area contributed by atoms with Crippen LogP contribution in [0.2, 0.25) is 0 Å². The van der Waals surface area contributed by atoms with Crippen molar-refractivity contribution in [3.63, 3.8) is 0 Å². The van der Waals surface area contributed by atoms with Crippen molar-refractivity contribution >= 4 is 11.6 Å². The third-order valence-corrected chi connectivity index (χ3v) is 4.81. The number of benzene rings is 1. The SMILES string of the molecule is O=C(C1CCCOC1c1ccccc1)N1CCc2cnccc21. The molecule has 4 rings (SSSR count). The minimum absolute atomic E-state index is 0.106. The number of carbonyl (C=O) groups excluding carboxylic acids is 1. The van der Waals surface area contributed by atoms with E-state index in [0.29, 0.717) is 0 Å². The fourth-order valence-electron chi connectivity index (χ4n) is 3.66. The van der Waals surface area contributed by atoms with Gasteiger partial charge >= 0.3 is 0 Å². The van der Waals surface area contributed by atoms with Crippen LogP contribution in [0.3, 0.4) is 0 Å². The first-order chi connectivity index (χ1) is 11.3. The fourth-order valence-corrected chi connectivity index (χ4v) is 3.66. The maximum Gasteiger partial charge on any atom is 0.233 e. The molecular weight excluding hydrogens is 288 g/mol. The molecule has 1 saturated heterocycles. The highest BCUT2D eigenvalue weighted by molar-refractivity contribution is 5.97. The average Bonchev–Trinajstić information content (AvgIpc) is 3.06. The average molecular weight is 308 g/mol. The lowest BCUT2D eigenvalue weighted by Gasteiger charge is -2.34. The second-order valence-electron chi connectivity index (χ2n) is 6.20. The highest BCUT2D eigenvalue weighted by Crippen LogP contribution is 2.37. The zero-order valence-corrected chi connectivity index (χ0v) is 13.0. The number of pyridine rings is 1. The van der Waals surface area contributed by atoms with Crippen LogP contribution in [0.4, 0.5) is 5.69 Å². The highest BCUT2D eigenvalue weighted by atomic mass is 16.5. The van der Waals surface area contributed by atoms with Crippen molar-refractivity contribution in [2.45, 2.75) is 25.4 Å². The summed E-state index contributed by atoms with van der Waals surface area (Å²) < 4.78 is 5.99. The normalized spacial score (nSPS) is 23.6. The number of nitrogens with zero attached hydrogens (tertiary/aromatic N) is 2. The van der Waals surface area contributed by atoms with Gasteiger partial charge in [-0.25, -0.2) is 0 Å². The molecule has 0 bridgehead atoms. The first-order valence-corrected chi connectivity index (χ1v) is 8.25. The zero-order valence-electron chi connectivity index (χ0n) is 13.0. The van der Waals surface area contributed by atoms with Crippen molar-refractivity contribution in [2.24, 2.45) is 5.92 Å². The van der Waals surface area contributed by atoms with E-state index in [0.717, 1.165) is 49.2 Å². The number of fused-ring (bicyclic) bond motifs is 1. The lowest BCUT2D eigenvalue weighted by molar-refractivity contribution is -0.131. The van der Waals surface area contributed by atoms with Crippen LogP contribution in [0.5, 0.6) is 0 Å². The molecule has 1 fully saturated rings. The number of hydrogen-bond donors (Lipinski definition) is 0. The summed E-state index contributed by atoms with van der Waals surface area (Å²) >= 11 is 0. The monoisotopic (exact) mass is 308 g/mol. The Hall–Kier alpha value is -2.20. The van der Waals surface area contributed by atoms with E-state index in [2.05, 4.69) is 17.1 Å². The Kier molecular flexibility index (Phi) is 3.83.